The first-order valence-electron chi connectivity index (χ1n) is 7.83. The molecule has 126 valence electrons. The summed E-state index contributed by atoms with van der Waals surface area (Å²) in [5.41, 5.74) is 3.11. The fraction of sp³-hybridized carbons (Fsp3) is 0.105. The largest absolute Gasteiger partial charge is 0.355 e. The zero-order chi connectivity index (χ0) is 17.8. The van der Waals surface area contributed by atoms with E-state index in [4.69, 9.17) is 0 Å². The van der Waals surface area contributed by atoms with E-state index in [0.717, 1.165) is 11.3 Å². The van der Waals surface area contributed by atoms with Crippen LogP contribution in [0.15, 0.2) is 60.8 Å². The number of benzene rings is 2. The quantitative estimate of drug-likeness (QED) is 0.770. The van der Waals surface area contributed by atoms with Gasteiger partial charge >= 0.3 is 0 Å². The summed E-state index contributed by atoms with van der Waals surface area (Å²) in [6.07, 6.45) is 1.73. The molecule has 6 nitrogen and oxygen atoms in total. The average Bonchev–Trinajstić information content (AvgIpc) is 3.14. The van der Waals surface area contributed by atoms with E-state index < -0.39 is 0 Å². The van der Waals surface area contributed by atoms with Crippen molar-refractivity contribution in [2.45, 2.75) is 6.92 Å². The Morgan fingerprint density at radius 2 is 1.76 bits per heavy atom. The second-order valence-electron chi connectivity index (χ2n) is 5.54. The van der Waals surface area contributed by atoms with Gasteiger partial charge in [-0.1, -0.05) is 24.3 Å². The molecular formula is C19H18N4O2. The van der Waals surface area contributed by atoms with Crippen LogP contribution in [0.3, 0.4) is 0 Å². The Labute approximate surface area is 145 Å². The molecule has 2 amide bonds. The Hall–Kier alpha value is -3.41. The fourth-order valence-electron chi connectivity index (χ4n) is 2.40. The van der Waals surface area contributed by atoms with Gasteiger partial charge in [-0.15, -0.1) is 0 Å². The van der Waals surface area contributed by atoms with Crippen LogP contribution in [0, 0.1) is 6.92 Å². The Morgan fingerprint density at radius 1 is 1.00 bits per heavy atom. The number of para-hydroxylation sites is 1. The molecule has 3 rings (SSSR count). The first kappa shape index (κ1) is 16.4. The van der Waals surface area contributed by atoms with Crippen LogP contribution < -0.4 is 10.6 Å². The molecule has 6 heteroatoms. The molecule has 3 aromatic rings. The first-order chi connectivity index (χ1) is 12.1. The lowest BCUT2D eigenvalue weighted by atomic mass is 10.1. The molecule has 0 spiro atoms. The fourth-order valence-corrected chi connectivity index (χ4v) is 2.40. The number of anilines is 1. The number of carbonyl (C=O) groups excluding carboxylic acids is 2. The maximum atomic E-state index is 12.5. The van der Waals surface area contributed by atoms with E-state index in [2.05, 4.69) is 15.7 Å². The van der Waals surface area contributed by atoms with Gasteiger partial charge in [-0.3, -0.25) is 9.59 Å². The van der Waals surface area contributed by atoms with Gasteiger partial charge in [0.1, 0.15) is 0 Å². The summed E-state index contributed by atoms with van der Waals surface area (Å²) in [6, 6.07) is 16.4. The number of aromatic nitrogens is 2. The van der Waals surface area contributed by atoms with Crippen molar-refractivity contribution in [1.29, 1.82) is 0 Å². The van der Waals surface area contributed by atoms with E-state index in [-0.39, 0.29) is 11.8 Å². The van der Waals surface area contributed by atoms with Crippen LogP contribution in [0.1, 0.15) is 26.4 Å². The van der Waals surface area contributed by atoms with E-state index in [1.165, 1.54) is 0 Å². The molecule has 0 fully saturated rings. The maximum absolute atomic E-state index is 12.5. The third kappa shape index (κ3) is 3.58. The van der Waals surface area contributed by atoms with Crippen molar-refractivity contribution in [2.75, 3.05) is 12.4 Å². The van der Waals surface area contributed by atoms with Crippen molar-refractivity contribution in [2.24, 2.45) is 0 Å². The van der Waals surface area contributed by atoms with E-state index in [0.29, 0.717) is 16.9 Å². The summed E-state index contributed by atoms with van der Waals surface area (Å²) >= 11 is 0. The molecule has 2 N–H and O–H groups in total. The maximum Gasteiger partial charge on any atom is 0.276 e. The van der Waals surface area contributed by atoms with Crippen LogP contribution in [0.25, 0.3) is 5.69 Å². The lowest BCUT2D eigenvalue weighted by Crippen LogP contribution is -2.19. The molecule has 0 atom stereocenters. The Balaban J connectivity index is 1.81. The van der Waals surface area contributed by atoms with Gasteiger partial charge in [0.15, 0.2) is 5.69 Å². The minimum absolute atomic E-state index is 0.205. The third-order valence-corrected chi connectivity index (χ3v) is 3.82. The topological polar surface area (TPSA) is 76.0 Å². The zero-order valence-electron chi connectivity index (χ0n) is 14.0. The molecule has 0 aliphatic heterocycles. The number of rotatable bonds is 4. The smallest absolute Gasteiger partial charge is 0.276 e. The molecule has 0 aliphatic carbocycles. The van der Waals surface area contributed by atoms with Gasteiger partial charge < -0.3 is 10.6 Å². The SMILES string of the molecule is CNC(=O)c1ccc(C)c(NC(=O)c2ccn(-c3ccccc3)n2)c1. The Bertz CT molecular complexity index is 916. The minimum Gasteiger partial charge on any atom is -0.355 e. The molecule has 25 heavy (non-hydrogen) atoms. The predicted octanol–water partition coefficient (Wildman–Crippen LogP) is 2.79. The molecule has 2 aromatic carbocycles. The van der Waals surface area contributed by atoms with Gasteiger partial charge in [0.05, 0.1) is 5.69 Å². The lowest BCUT2D eigenvalue weighted by molar-refractivity contribution is 0.0961. The van der Waals surface area contributed by atoms with Gasteiger partial charge in [0.25, 0.3) is 11.8 Å². The molecule has 0 unspecified atom stereocenters. The number of nitrogens with zero attached hydrogens (tertiary/aromatic N) is 2. The number of nitrogens with one attached hydrogen (secondary N) is 2. The summed E-state index contributed by atoms with van der Waals surface area (Å²) in [4.78, 5) is 24.2. The number of amides is 2. The minimum atomic E-state index is -0.327. The van der Waals surface area contributed by atoms with E-state index in [1.807, 2.05) is 37.3 Å². The van der Waals surface area contributed by atoms with Crippen LogP contribution in [0.4, 0.5) is 5.69 Å². The molecule has 0 bridgehead atoms. The highest BCUT2D eigenvalue weighted by Gasteiger charge is 2.13. The van der Waals surface area contributed by atoms with Crippen molar-refractivity contribution in [3.63, 3.8) is 0 Å². The standard InChI is InChI=1S/C19H18N4O2/c1-13-8-9-14(18(24)20-2)12-17(13)21-19(25)16-10-11-23(22-16)15-6-4-3-5-7-15/h3-12H,1-2H3,(H,20,24)(H,21,25). The summed E-state index contributed by atoms with van der Waals surface area (Å²) in [7, 11) is 1.57. The van der Waals surface area contributed by atoms with Gasteiger partial charge in [0, 0.05) is 24.5 Å². The molecule has 0 aliphatic rings. The highest BCUT2D eigenvalue weighted by molar-refractivity contribution is 6.04. The summed E-state index contributed by atoms with van der Waals surface area (Å²) in [5.74, 6) is -0.532. The summed E-state index contributed by atoms with van der Waals surface area (Å²) in [6.45, 7) is 1.87. The predicted molar refractivity (Wildman–Crippen MR) is 96.1 cm³/mol. The van der Waals surface area contributed by atoms with Crippen molar-refractivity contribution >= 4 is 17.5 Å². The average molecular weight is 334 g/mol. The van der Waals surface area contributed by atoms with Crippen LogP contribution in [-0.4, -0.2) is 28.6 Å². The molecule has 1 heterocycles. The normalized spacial score (nSPS) is 10.3. The van der Waals surface area contributed by atoms with Crippen LogP contribution >= 0.6 is 0 Å². The second-order valence-corrected chi connectivity index (χ2v) is 5.54. The van der Waals surface area contributed by atoms with Gasteiger partial charge in [-0.2, -0.15) is 5.10 Å². The molecule has 0 radical (unpaired) electrons. The monoisotopic (exact) mass is 334 g/mol. The molecule has 0 saturated carbocycles. The third-order valence-electron chi connectivity index (χ3n) is 3.82. The van der Waals surface area contributed by atoms with Crippen LogP contribution in [-0.2, 0) is 0 Å². The highest BCUT2D eigenvalue weighted by Crippen LogP contribution is 2.18. The number of hydrogen-bond donors (Lipinski definition) is 2. The second kappa shape index (κ2) is 7.00. The number of carbonyl (C=O) groups is 2. The van der Waals surface area contributed by atoms with Crippen molar-refractivity contribution in [3.05, 3.63) is 77.6 Å². The molecule has 0 saturated heterocycles. The van der Waals surface area contributed by atoms with Crippen molar-refractivity contribution < 1.29 is 9.59 Å². The van der Waals surface area contributed by atoms with Gasteiger partial charge in [-0.25, -0.2) is 4.68 Å². The van der Waals surface area contributed by atoms with Crippen LogP contribution in [0.2, 0.25) is 0 Å². The number of aryl methyl sites for hydroxylation is 1. The van der Waals surface area contributed by atoms with Gasteiger partial charge in [0.2, 0.25) is 0 Å². The summed E-state index contributed by atoms with van der Waals surface area (Å²) in [5, 5.41) is 9.69. The number of hydrogen-bond acceptors (Lipinski definition) is 3. The van der Waals surface area contributed by atoms with Crippen LogP contribution in [0.5, 0.6) is 0 Å². The Morgan fingerprint density at radius 3 is 2.48 bits per heavy atom. The van der Waals surface area contributed by atoms with E-state index in [1.54, 1.807) is 42.2 Å². The van der Waals surface area contributed by atoms with E-state index >= 15 is 0 Å². The summed E-state index contributed by atoms with van der Waals surface area (Å²) < 4.78 is 1.64. The zero-order valence-corrected chi connectivity index (χ0v) is 14.0. The first-order valence-corrected chi connectivity index (χ1v) is 7.83. The van der Waals surface area contributed by atoms with Crippen molar-refractivity contribution in [3.8, 4) is 5.69 Å². The highest BCUT2D eigenvalue weighted by atomic mass is 16.2. The van der Waals surface area contributed by atoms with Gasteiger partial charge in [-0.05, 0) is 42.8 Å². The molecular weight excluding hydrogens is 316 g/mol. The van der Waals surface area contributed by atoms with Crippen molar-refractivity contribution in [1.82, 2.24) is 15.1 Å². The molecule has 1 aromatic heterocycles. The van der Waals surface area contributed by atoms with E-state index in [9.17, 15) is 9.59 Å². The lowest BCUT2D eigenvalue weighted by Gasteiger charge is -2.09. The Kier molecular flexibility index (Phi) is 4.61.